The topological polar surface area (TPSA) is 47.0 Å². The molecule has 0 saturated heterocycles. The highest BCUT2D eigenvalue weighted by Crippen LogP contribution is 2.18. The zero-order valence-corrected chi connectivity index (χ0v) is 15.0. The smallest absolute Gasteiger partial charge is 0.130 e. The fourth-order valence-electron chi connectivity index (χ4n) is 2.26. The summed E-state index contributed by atoms with van der Waals surface area (Å²) in [4.78, 5) is 8.63. The van der Waals surface area contributed by atoms with Crippen LogP contribution in [0.3, 0.4) is 0 Å². The molecular weight excluding hydrogens is 366 g/mol. The van der Waals surface area contributed by atoms with E-state index in [1.54, 1.807) is 12.4 Å². The lowest BCUT2D eigenvalue weighted by molar-refractivity contribution is 0.301. The van der Waals surface area contributed by atoms with Crippen molar-refractivity contribution in [1.82, 2.24) is 9.97 Å². The predicted molar refractivity (Wildman–Crippen MR) is 99.0 cm³/mol. The molecule has 2 heterocycles. The van der Waals surface area contributed by atoms with E-state index in [1.807, 2.05) is 43.3 Å². The number of rotatable bonds is 6. The first-order valence-corrected chi connectivity index (χ1v) is 8.48. The maximum absolute atomic E-state index is 5.74. The maximum Gasteiger partial charge on any atom is 0.130 e. The SMILES string of the molecule is Cc1cc(Br)cnc1NCc1ccc(OCc2ccccn2)cc1. The van der Waals surface area contributed by atoms with Crippen LogP contribution < -0.4 is 10.1 Å². The van der Waals surface area contributed by atoms with Crippen LogP contribution in [0.1, 0.15) is 16.8 Å². The quantitative estimate of drug-likeness (QED) is 0.667. The van der Waals surface area contributed by atoms with Crippen molar-refractivity contribution in [2.24, 2.45) is 0 Å². The molecule has 3 aromatic rings. The van der Waals surface area contributed by atoms with Gasteiger partial charge in [-0.3, -0.25) is 4.98 Å². The van der Waals surface area contributed by atoms with Crippen molar-refractivity contribution in [3.8, 4) is 5.75 Å². The second kappa shape index (κ2) is 7.93. The van der Waals surface area contributed by atoms with Crippen LogP contribution in [-0.2, 0) is 13.2 Å². The highest BCUT2D eigenvalue weighted by atomic mass is 79.9. The number of halogens is 1. The molecule has 0 radical (unpaired) electrons. The molecule has 0 aliphatic rings. The molecule has 0 atom stereocenters. The number of anilines is 1. The minimum Gasteiger partial charge on any atom is -0.487 e. The standard InChI is InChI=1S/C19H18BrN3O/c1-14-10-16(20)12-23-19(14)22-11-15-5-7-18(8-6-15)24-13-17-4-2-3-9-21-17/h2-10,12H,11,13H2,1H3,(H,22,23). The molecule has 5 heteroatoms. The lowest BCUT2D eigenvalue weighted by atomic mass is 10.2. The number of hydrogen-bond donors (Lipinski definition) is 1. The van der Waals surface area contributed by atoms with Gasteiger partial charge in [0.2, 0.25) is 0 Å². The summed E-state index contributed by atoms with van der Waals surface area (Å²) >= 11 is 3.42. The molecule has 24 heavy (non-hydrogen) atoms. The Morgan fingerprint density at radius 1 is 1.08 bits per heavy atom. The molecule has 1 aromatic carbocycles. The molecule has 0 fully saturated rings. The van der Waals surface area contributed by atoms with Crippen molar-refractivity contribution in [2.75, 3.05) is 5.32 Å². The van der Waals surface area contributed by atoms with Gasteiger partial charge >= 0.3 is 0 Å². The summed E-state index contributed by atoms with van der Waals surface area (Å²) in [6.07, 6.45) is 3.56. The Balaban J connectivity index is 1.54. The van der Waals surface area contributed by atoms with Gasteiger partial charge in [-0.1, -0.05) is 18.2 Å². The van der Waals surface area contributed by atoms with Crippen molar-refractivity contribution >= 4 is 21.7 Å². The summed E-state index contributed by atoms with van der Waals surface area (Å²) in [6, 6.07) is 15.9. The van der Waals surface area contributed by atoms with Crippen LogP contribution in [-0.4, -0.2) is 9.97 Å². The summed E-state index contributed by atoms with van der Waals surface area (Å²) in [7, 11) is 0. The zero-order chi connectivity index (χ0) is 16.8. The van der Waals surface area contributed by atoms with E-state index >= 15 is 0 Å². The van der Waals surface area contributed by atoms with Crippen LogP contribution in [0, 0.1) is 6.92 Å². The van der Waals surface area contributed by atoms with Gasteiger partial charge in [-0.2, -0.15) is 0 Å². The third-order valence-electron chi connectivity index (χ3n) is 3.54. The Morgan fingerprint density at radius 3 is 2.62 bits per heavy atom. The number of aromatic nitrogens is 2. The molecule has 0 saturated carbocycles. The van der Waals surface area contributed by atoms with E-state index in [9.17, 15) is 0 Å². The van der Waals surface area contributed by atoms with Crippen molar-refractivity contribution < 1.29 is 4.74 Å². The van der Waals surface area contributed by atoms with E-state index < -0.39 is 0 Å². The van der Waals surface area contributed by atoms with E-state index in [0.29, 0.717) is 6.61 Å². The summed E-state index contributed by atoms with van der Waals surface area (Å²) < 4.78 is 6.73. The number of pyridine rings is 2. The average Bonchev–Trinajstić information content (AvgIpc) is 2.61. The highest BCUT2D eigenvalue weighted by molar-refractivity contribution is 9.10. The van der Waals surface area contributed by atoms with Crippen LogP contribution in [0.4, 0.5) is 5.82 Å². The number of benzene rings is 1. The van der Waals surface area contributed by atoms with Crippen LogP contribution in [0.2, 0.25) is 0 Å². The molecule has 0 aliphatic heterocycles. The Bertz CT molecular complexity index is 791. The van der Waals surface area contributed by atoms with E-state index in [0.717, 1.165) is 33.8 Å². The Kier molecular flexibility index (Phi) is 5.43. The van der Waals surface area contributed by atoms with Gasteiger partial charge in [-0.15, -0.1) is 0 Å². The van der Waals surface area contributed by atoms with Gasteiger partial charge in [0.25, 0.3) is 0 Å². The maximum atomic E-state index is 5.74. The van der Waals surface area contributed by atoms with Gasteiger partial charge in [0.1, 0.15) is 18.2 Å². The molecule has 4 nitrogen and oxygen atoms in total. The molecule has 0 aliphatic carbocycles. The molecule has 3 rings (SSSR count). The van der Waals surface area contributed by atoms with E-state index in [1.165, 1.54) is 5.56 Å². The van der Waals surface area contributed by atoms with Gasteiger partial charge in [0.05, 0.1) is 5.69 Å². The summed E-state index contributed by atoms with van der Waals surface area (Å²) in [6.45, 7) is 3.23. The Morgan fingerprint density at radius 2 is 1.92 bits per heavy atom. The molecule has 1 N–H and O–H groups in total. The number of nitrogens with one attached hydrogen (secondary N) is 1. The number of nitrogens with zero attached hydrogens (tertiary/aromatic N) is 2. The van der Waals surface area contributed by atoms with Crippen LogP contribution in [0.25, 0.3) is 0 Å². The van der Waals surface area contributed by atoms with Crippen molar-refractivity contribution in [3.05, 3.63) is 82.2 Å². The van der Waals surface area contributed by atoms with Crippen molar-refractivity contribution in [2.45, 2.75) is 20.1 Å². The lowest BCUT2D eigenvalue weighted by Crippen LogP contribution is -2.03. The first-order chi connectivity index (χ1) is 11.7. The summed E-state index contributed by atoms with van der Waals surface area (Å²) in [5.74, 6) is 1.73. The second-order valence-corrected chi connectivity index (χ2v) is 6.34. The Hall–Kier alpha value is -2.40. The molecule has 0 unspecified atom stereocenters. The first-order valence-electron chi connectivity index (χ1n) is 7.68. The van der Waals surface area contributed by atoms with E-state index in [4.69, 9.17) is 4.74 Å². The van der Waals surface area contributed by atoms with E-state index in [2.05, 4.69) is 43.3 Å². The molecule has 0 bridgehead atoms. The van der Waals surface area contributed by atoms with Gasteiger partial charge in [0, 0.05) is 23.4 Å². The molecule has 122 valence electrons. The van der Waals surface area contributed by atoms with Crippen LogP contribution >= 0.6 is 15.9 Å². The zero-order valence-electron chi connectivity index (χ0n) is 13.4. The molecule has 0 spiro atoms. The molecule has 2 aromatic heterocycles. The Labute approximate surface area is 150 Å². The minimum absolute atomic E-state index is 0.473. The van der Waals surface area contributed by atoms with Crippen LogP contribution in [0.5, 0.6) is 5.75 Å². The number of aryl methyl sites for hydroxylation is 1. The molecule has 0 amide bonds. The monoisotopic (exact) mass is 383 g/mol. The van der Waals surface area contributed by atoms with Gasteiger partial charge in [-0.25, -0.2) is 4.98 Å². The normalized spacial score (nSPS) is 10.4. The average molecular weight is 384 g/mol. The molecular formula is C19H18BrN3O. The van der Waals surface area contributed by atoms with Crippen LogP contribution in [0.15, 0.2) is 65.4 Å². The fourth-order valence-corrected chi connectivity index (χ4v) is 2.70. The van der Waals surface area contributed by atoms with Gasteiger partial charge in [-0.05, 0) is 64.3 Å². The van der Waals surface area contributed by atoms with E-state index in [-0.39, 0.29) is 0 Å². The first kappa shape index (κ1) is 16.5. The van der Waals surface area contributed by atoms with Crippen molar-refractivity contribution in [1.29, 1.82) is 0 Å². The fraction of sp³-hybridized carbons (Fsp3) is 0.158. The third-order valence-corrected chi connectivity index (χ3v) is 3.97. The minimum atomic E-state index is 0.473. The third kappa shape index (κ3) is 4.55. The second-order valence-electron chi connectivity index (χ2n) is 5.43. The summed E-state index contributed by atoms with van der Waals surface area (Å²) in [5.41, 5.74) is 3.20. The van der Waals surface area contributed by atoms with Gasteiger partial charge in [0.15, 0.2) is 0 Å². The highest BCUT2D eigenvalue weighted by Gasteiger charge is 2.02. The largest absolute Gasteiger partial charge is 0.487 e. The summed E-state index contributed by atoms with van der Waals surface area (Å²) in [5, 5.41) is 3.35. The number of ether oxygens (including phenoxy) is 1. The lowest BCUT2D eigenvalue weighted by Gasteiger charge is -2.10. The van der Waals surface area contributed by atoms with Crippen molar-refractivity contribution in [3.63, 3.8) is 0 Å². The number of hydrogen-bond acceptors (Lipinski definition) is 4. The predicted octanol–water partition coefficient (Wildman–Crippen LogP) is 4.74. The van der Waals surface area contributed by atoms with Gasteiger partial charge < -0.3 is 10.1 Å².